The first-order chi connectivity index (χ1) is 3.93. The summed E-state index contributed by atoms with van der Waals surface area (Å²) >= 11 is 0. The van der Waals surface area contributed by atoms with Crippen molar-refractivity contribution in [3.05, 3.63) is 12.3 Å². The van der Waals surface area contributed by atoms with E-state index >= 15 is 0 Å². The zero-order valence-electron chi connectivity index (χ0n) is 5.26. The lowest BCUT2D eigenvalue weighted by molar-refractivity contribution is 0.530. The van der Waals surface area contributed by atoms with Gasteiger partial charge in [-0.3, -0.25) is 0 Å². The Hall–Kier alpha value is -0.243. The van der Waals surface area contributed by atoms with Gasteiger partial charge in [0.1, 0.15) is 0 Å². The molecular weight excluding hydrogens is 116 g/mol. The van der Waals surface area contributed by atoms with Crippen molar-refractivity contribution < 1.29 is 4.43 Å². The van der Waals surface area contributed by atoms with Crippen LogP contribution in [0.3, 0.4) is 0 Å². The molecule has 1 fully saturated rings. The Kier molecular flexibility index (Phi) is 2.15. The van der Waals surface area contributed by atoms with Crippen molar-refractivity contribution in [3.63, 3.8) is 0 Å². The minimum absolute atomic E-state index is 0.833. The van der Waals surface area contributed by atoms with Gasteiger partial charge in [0.25, 0.3) is 0 Å². The highest BCUT2D eigenvalue weighted by atomic mass is 28.2. The third kappa shape index (κ3) is 2.16. The largest absolute Gasteiger partial charge is 0.559 e. The van der Waals surface area contributed by atoms with E-state index in [0.29, 0.717) is 0 Å². The third-order valence-electron chi connectivity index (χ3n) is 1.40. The fourth-order valence-electron chi connectivity index (χ4n) is 0.698. The minimum Gasteiger partial charge on any atom is -0.559 e. The molecule has 1 aliphatic carbocycles. The van der Waals surface area contributed by atoms with Gasteiger partial charge in [-0.25, -0.2) is 0 Å². The van der Waals surface area contributed by atoms with Gasteiger partial charge in [-0.15, -0.1) is 0 Å². The molecule has 1 rings (SSSR count). The highest BCUT2D eigenvalue weighted by molar-refractivity contribution is 5.98. The molecule has 0 unspecified atom stereocenters. The molecular formula is C6H12OSi. The van der Waals surface area contributed by atoms with E-state index in [1.807, 2.05) is 6.26 Å². The predicted molar refractivity (Wildman–Crippen MR) is 37.5 cm³/mol. The van der Waals surface area contributed by atoms with Crippen molar-refractivity contribution in [2.24, 2.45) is 5.92 Å². The van der Waals surface area contributed by atoms with E-state index in [1.165, 1.54) is 19.3 Å². The molecule has 8 heavy (non-hydrogen) atoms. The monoisotopic (exact) mass is 128 g/mol. The lowest BCUT2D eigenvalue weighted by Crippen LogP contribution is -1.70. The molecule has 0 aliphatic heterocycles. The predicted octanol–water partition coefficient (Wildman–Crippen LogP) is 0.597. The molecule has 0 atom stereocenters. The Bertz CT molecular complexity index is 86.5. The van der Waals surface area contributed by atoms with Crippen molar-refractivity contribution in [1.29, 1.82) is 0 Å². The number of hydrogen-bond acceptors (Lipinski definition) is 1. The quantitative estimate of drug-likeness (QED) is 0.399. The maximum absolute atomic E-state index is 4.88. The van der Waals surface area contributed by atoms with E-state index in [9.17, 15) is 0 Å². The molecule has 46 valence electrons. The van der Waals surface area contributed by atoms with Crippen LogP contribution >= 0.6 is 0 Å². The second-order valence-electron chi connectivity index (χ2n) is 2.29. The lowest BCUT2D eigenvalue weighted by Gasteiger charge is -1.86. The van der Waals surface area contributed by atoms with E-state index in [2.05, 4.69) is 6.08 Å². The topological polar surface area (TPSA) is 9.23 Å². The Labute approximate surface area is 53.3 Å². The van der Waals surface area contributed by atoms with Crippen molar-refractivity contribution >= 4 is 10.5 Å². The summed E-state index contributed by atoms with van der Waals surface area (Å²) in [4.78, 5) is 0. The van der Waals surface area contributed by atoms with E-state index in [-0.39, 0.29) is 0 Å². The van der Waals surface area contributed by atoms with E-state index < -0.39 is 0 Å². The van der Waals surface area contributed by atoms with Crippen LogP contribution in [0.5, 0.6) is 0 Å². The summed E-state index contributed by atoms with van der Waals surface area (Å²) in [5, 5.41) is 0. The highest BCUT2D eigenvalue weighted by Gasteiger charge is 2.18. The standard InChI is InChI=1S/C6H12OSi/c8-7-5-1-2-6-3-4-6/h1,5-6H,2-4H2,8H3. The smallest absolute Gasteiger partial charge is 0.203 e. The average molecular weight is 128 g/mol. The van der Waals surface area contributed by atoms with Gasteiger partial charge in [0.05, 0.1) is 6.26 Å². The molecule has 1 aliphatic rings. The molecule has 0 saturated heterocycles. The Morgan fingerprint density at radius 1 is 1.62 bits per heavy atom. The molecule has 0 radical (unpaired) electrons. The van der Waals surface area contributed by atoms with Gasteiger partial charge >= 0.3 is 0 Å². The van der Waals surface area contributed by atoms with E-state index in [0.717, 1.165) is 16.4 Å². The zero-order chi connectivity index (χ0) is 5.82. The van der Waals surface area contributed by atoms with Crippen LogP contribution in [0, 0.1) is 5.92 Å². The summed E-state index contributed by atoms with van der Waals surface area (Å²) in [7, 11) is 0.833. The van der Waals surface area contributed by atoms with Crippen LogP contribution < -0.4 is 0 Å². The molecule has 0 bridgehead atoms. The summed E-state index contributed by atoms with van der Waals surface area (Å²) in [5.41, 5.74) is 0. The van der Waals surface area contributed by atoms with Gasteiger partial charge in [0, 0.05) is 0 Å². The van der Waals surface area contributed by atoms with Gasteiger partial charge in [0.2, 0.25) is 10.5 Å². The molecule has 0 aromatic carbocycles. The fraction of sp³-hybridized carbons (Fsp3) is 0.667. The Morgan fingerprint density at radius 2 is 2.38 bits per heavy atom. The first-order valence-corrected chi connectivity index (χ1v) is 3.93. The van der Waals surface area contributed by atoms with E-state index in [4.69, 9.17) is 4.43 Å². The Morgan fingerprint density at radius 3 is 2.88 bits per heavy atom. The Balaban J connectivity index is 1.93. The second kappa shape index (κ2) is 2.92. The van der Waals surface area contributed by atoms with Crippen LogP contribution in [-0.4, -0.2) is 10.5 Å². The van der Waals surface area contributed by atoms with Crippen LogP contribution in [0.15, 0.2) is 12.3 Å². The summed E-state index contributed by atoms with van der Waals surface area (Å²) in [5.74, 6) is 1.00. The molecule has 2 heteroatoms. The van der Waals surface area contributed by atoms with Crippen molar-refractivity contribution in [2.45, 2.75) is 19.3 Å². The van der Waals surface area contributed by atoms with Crippen molar-refractivity contribution in [3.8, 4) is 0 Å². The number of rotatable bonds is 3. The van der Waals surface area contributed by atoms with Gasteiger partial charge in [-0.1, -0.05) is 6.08 Å². The van der Waals surface area contributed by atoms with Crippen molar-refractivity contribution in [2.75, 3.05) is 0 Å². The second-order valence-corrected chi connectivity index (χ2v) is 2.76. The van der Waals surface area contributed by atoms with Crippen LogP contribution in [0.25, 0.3) is 0 Å². The van der Waals surface area contributed by atoms with Gasteiger partial charge in [0.15, 0.2) is 0 Å². The molecule has 0 aromatic heterocycles. The first-order valence-electron chi connectivity index (χ1n) is 3.11. The van der Waals surface area contributed by atoms with Gasteiger partial charge in [-0.05, 0) is 25.2 Å². The number of hydrogen-bond donors (Lipinski definition) is 0. The van der Waals surface area contributed by atoms with Crippen LogP contribution in [0.1, 0.15) is 19.3 Å². The number of allylic oxidation sites excluding steroid dienone is 1. The maximum Gasteiger partial charge on any atom is 0.203 e. The summed E-state index contributed by atoms with van der Waals surface area (Å²) < 4.78 is 4.88. The zero-order valence-corrected chi connectivity index (χ0v) is 7.26. The lowest BCUT2D eigenvalue weighted by atomic mass is 10.3. The maximum atomic E-state index is 4.88. The SMILES string of the molecule is [SiH3]OC=CCC1CC1. The molecule has 1 saturated carbocycles. The molecule has 0 spiro atoms. The average Bonchev–Trinajstić information content (AvgIpc) is 2.51. The summed E-state index contributed by atoms with van der Waals surface area (Å²) in [6.07, 6.45) is 8.06. The van der Waals surface area contributed by atoms with Crippen molar-refractivity contribution in [1.82, 2.24) is 0 Å². The van der Waals surface area contributed by atoms with Gasteiger partial charge in [-0.2, -0.15) is 0 Å². The fourth-order valence-corrected chi connectivity index (χ4v) is 0.890. The van der Waals surface area contributed by atoms with E-state index in [1.54, 1.807) is 0 Å². The molecule has 1 nitrogen and oxygen atoms in total. The van der Waals surface area contributed by atoms with Crippen LogP contribution in [0.2, 0.25) is 0 Å². The van der Waals surface area contributed by atoms with Crippen LogP contribution in [0.4, 0.5) is 0 Å². The van der Waals surface area contributed by atoms with Gasteiger partial charge < -0.3 is 4.43 Å². The first kappa shape index (κ1) is 5.89. The summed E-state index contributed by atoms with van der Waals surface area (Å²) in [6, 6.07) is 0. The molecule has 0 aromatic rings. The normalized spacial score (nSPS) is 20.0. The minimum atomic E-state index is 0.833. The summed E-state index contributed by atoms with van der Waals surface area (Å²) in [6.45, 7) is 0. The molecule has 0 N–H and O–H groups in total. The molecule has 0 amide bonds. The highest BCUT2D eigenvalue weighted by Crippen LogP contribution is 2.32. The molecule has 0 heterocycles. The van der Waals surface area contributed by atoms with Crippen LogP contribution in [-0.2, 0) is 4.43 Å². The third-order valence-corrected chi connectivity index (χ3v) is 1.67.